The van der Waals surface area contributed by atoms with Gasteiger partial charge in [0, 0.05) is 25.7 Å². The van der Waals surface area contributed by atoms with Gasteiger partial charge in [-0.15, -0.1) is 0 Å². The quantitative estimate of drug-likeness (QED) is 0.705. The first-order valence-corrected chi connectivity index (χ1v) is 7.68. The molecule has 0 aliphatic carbocycles. The molecule has 0 aliphatic rings. The van der Waals surface area contributed by atoms with Crippen molar-refractivity contribution in [3.63, 3.8) is 0 Å². The zero-order valence-corrected chi connectivity index (χ0v) is 13.4. The van der Waals surface area contributed by atoms with Crippen LogP contribution in [0, 0.1) is 5.92 Å². The summed E-state index contributed by atoms with van der Waals surface area (Å²) in [6.07, 6.45) is 1.06. The van der Waals surface area contributed by atoms with Crippen molar-refractivity contribution in [2.24, 2.45) is 11.7 Å². The van der Waals surface area contributed by atoms with Gasteiger partial charge < -0.3 is 15.4 Å². The van der Waals surface area contributed by atoms with Crippen molar-refractivity contribution in [3.8, 4) is 5.75 Å². The molecule has 114 valence electrons. The first-order chi connectivity index (χ1) is 9.52. The molecule has 0 saturated carbocycles. The van der Waals surface area contributed by atoms with Gasteiger partial charge in [-0.25, -0.2) is 0 Å². The Hall–Kier alpha value is -1.06. The van der Waals surface area contributed by atoms with Crippen molar-refractivity contribution >= 4 is 0 Å². The predicted octanol–water partition coefficient (Wildman–Crippen LogP) is 3.28. The molecule has 0 aromatic heterocycles. The highest BCUT2D eigenvalue weighted by atomic mass is 16.5. The first-order valence-electron chi connectivity index (χ1n) is 7.68. The van der Waals surface area contributed by atoms with E-state index in [9.17, 15) is 0 Å². The van der Waals surface area contributed by atoms with E-state index in [4.69, 9.17) is 10.5 Å². The molecule has 0 atom stereocenters. The van der Waals surface area contributed by atoms with Crippen LogP contribution in [0.2, 0.25) is 0 Å². The minimum absolute atomic E-state index is 0.582. The molecule has 0 bridgehead atoms. The maximum Gasteiger partial charge on any atom is 0.119 e. The Kier molecular flexibility index (Phi) is 7.63. The Balaban J connectivity index is 2.28. The standard InChI is InChI=1S/C17H30N2O/c1-14(2)13-19(15(3)4)10-5-11-20-17-8-6-16(12-18)7-9-17/h6-9,14-15H,5,10-13,18H2,1-4H3. The summed E-state index contributed by atoms with van der Waals surface area (Å²) in [4.78, 5) is 2.52. The van der Waals surface area contributed by atoms with Gasteiger partial charge in [0.2, 0.25) is 0 Å². The molecule has 3 heteroatoms. The Morgan fingerprint density at radius 2 is 1.75 bits per heavy atom. The molecule has 0 aliphatic heterocycles. The average molecular weight is 278 g/mol. The highest BCUT2D eigenvalue weighted by Gasteiger charge is 2.10. The Morgan fingerprint density at radius 1 is 1.10 bits per heavy atom. The Labute approximate surface area is 124 Å². The smallest absolute Gasteiger partial charge is 0.119 e. The molecule has 0 fully saturated rings. The van der Waals surface area contributed by atoms with Gasteiger partial charge in [0.05, 0.1) is 6.61 Å². The van der Waals surface area contributed by atoms with Crippen LogP contribution in [0.4, 0.5) is 0 Å². The topological polar surface area (TPSA) is 38.5 Å². The molecule has 0 heterocycles. The normalized spacial score (nSPS) is 11.6. The van der Waals surface area contributed by atoms with E-state index >= 15 is 0 Å². The molecule has 0 spiro atoms. The largest absolute Gasteiger partial charge is 0.494 e. The van der Waals surface area contributed by atoms with Crippen molar-refractivity contribution in [3.05, 3.63) is 29.8 Å². The molecule has 1 rings (SSSR count). The van der Waals surface area contributed by atoms with E-state index in [0.717, 1.165) is 37.4 Å². The van der Waals surface area contributed by atoms with Crippen molar-refractivity contribution in [1.29, 1.82) is 0 Å². The van der Waals surface area contributed by atoms with Crippen LogP contribution in [-0.4, -0.2) is 30.6 Å². The van der Waals surface area contributed by atoms with Crippen LogP contribution < -0.4 is 10.5 Å². The number of hydrogen-bond donors (Lipinski definition) is 1. The van der Waals surface area contributed by atoms with E-state index in [0.29, 0.717) is 18.5 Å². The van der Waals surface area contributed by atoms with Crippen molar-refractivity contribution in [2.75, 3.05) is 19.7 Å². The van der Waals surface area contributed by atoms with Crippen LogP contribution in [0.3, 0.4) is 0 Å². The molecule has 20 heavy (non-hydrogen) atoms. The SMILES string of the molecule is CC(C)CN(CCCOc1ccc(CN)cc1)C(C)C. The van der Waals surface area contributed by atoms with Gasteiger partial charge in [0.25, 0.3) is 0 Å². The predicted molar refractivity (Wildman–Crippen MR) is 86.0 cm³/mol. The maximum atomic E-state index is 5.77. The second-order valence-corrected chi connectivity index (χ2v) is 6.03. The molecule has 3 nitrogen and oxygen atoms in total. The summed E-state index contributed by atoms with van der Waals surface area (Å²) in [6, 6.07) is 8.64. The Bertz CT molecular complexity index is 360. The van der Waals surface area contributed by atoms with E-state index in [1.807, 2.05) is 24.3 Å². The van der Waals surface area contributed by atoms with E-state index in [2.05, 4.69) is 32.6 Å². The average Bonchev–Trinajstić information content (AvgIpc) is 2.42. The third-order valence-electron chi connectivity index (χ3n) is 3.35. The molecule has 0 amide bonds. The third kappa shape index (κ3) is 6.40. The fraction of sp³-hybridized carbons (Fsp3) is 0.647. The summed E-state index contributed by atoms with van der Waals surface area (Å²) in [6.45, 7) is 12.7. The van der Waals surface area contributed by atoms with Crippen molar-refractivity contribution in [1.82, 2.24) is 4.90 Å². The number of nitrogens with zero attached hydrogens (tertiary/aromatic N) is 1. The summed E-state index contributed by atoms with van der Waals surface area (Å²) >= 11 is 0. The summed E-state index contributed by atoms with van der Waals surface area (Å²) < 4.78 is 5.77. The van der Waals surface area contributed by atoms with Crippen LogP contribution in [0.1, 0.15) is 39.7 Å². The molecule has 0 radical (unpaired) electrons. The van der Waals surface area contributed by atoms with Crippen LogP contribution in [0.25, 0.3) is 0 Å². The molecule has 2 N–H and O–H groups in total. The molecule has 1 aromatic carbocycles. The molecular formula is C17H30N2O. The van der Waals surface area contributed by atoms with E-state index < -0.39 is 0 Å². The lowest BCUT2D eigenvalue weighted by Gasteiger charge is -2.28. The van der Waals surface area contributed by atoms with Gasteiger partial charge in [-0.2, -0.15) is 0 Å². The summed E-state index contributed by atoms with van der Waals surface area (Å²) in [5.74, 6) is 1.64. The number of benzene rings is 1. The van der Waals surface area contributed by atoms with Crippen LogP contribution in [0.5, 0.6) is 5.75 Å². The minimum Gasteiger partial charge on any atom is -0.494 e. The lowest BCUT2D eigenvalue weighted by molar-refractivity contribution is 0.179. The second-order valence-electron chi connectivity index (χ2n) is 6.03. The molecule has 0 saturated heterocycles. The van der Waals surface area contributed by atoms with E-state index in [1.165, 1.54) is 0 Å². The zero-order valence-electron chi connectivity index (χ0n) is 13.4. The van der Waals surface area contributed by atoms with Gasteiger partial charge in [-0.05, 0) is 43.9 Å². The van der Waals surface area contributed by atoms with Crippen molar-refractivity contribution in [2.45, 2.75) is 46.7 Å². The lowest BCUT2D eigenvalue weighted by atomic mass is 10.1. The second kappa shape index (κ2) is 8.98. The number of hydrogen-bond acceptors (Lipinski definition) is 3. The van der Waals surface area contributed by atoms with Gasteiger partial charge in [0.15, 0.2) is 0 Å². The van der Waals surface area contributed by atoms with E-state index in [-0.39, 0.29) is 0 Å². The van der Waals surface area contributed by atoms with Crippen LogP contribution >= 0.6 is 0 Å². The minimum atomic E-state index is 0.582. The summed E-state index contributed by atoms with van der Waals surface area (Å²) in [5, 5.41) is 0. The highest BCUT2D eigenvalue weighted by Crippen LogP contribution is 2.12. The summed E-state index contributed by atoms with van der Waals surface area (Å²) in [7, 11) is 0. The molecule has 0 unspecified atom stereocenters. The number of ether oxygens (including phenoxy) is 1. The first kappa shape index (κ1) is 17.0. The third-order valence-corrected chi connectivity index (χ3v) is 3.35. The van der Waals surface area contributed by atoms with Gasteiger partial charge in [-0.1, -0.05) is 26.0 Å². The van der Waals surface area contributed by atoms with Crippen molar-refractivity contribution < 1.29 is 4.74 Å². The molecule has 1 aromatic rings. The zero-order chi connectivity index (χ0) is 15.0. The highest BCUT2D eigenvalue weighted by molar-refractivity contribution is 5.26. The fourth-order valence-electron chi connectivity index (χ4n) is 2.21. The Morgan fingerprint density at radius 3 is 2.25 bits per heavy atom. The maximum absolute atomic E-state index is 5.77. The summed E-state index contributed by atoms with van der Waals surface area (Å²) in [5.41, 5.74) is 6.72. The monoisotopic (exact) mass is 278 g/mol. The van der Waals surface area contributed by atoms with Crippen LogP contribution in [-0.2, 0) is 6.54 Å². The van der Waals surface area contributed by atoms with Gasteiger partial charge >= 0.3 is 0 Å². The van der Waals surface area contributed by atoms with E-state index in [1.54, 1.807) is 0 Å². The molecular weight excluding hydrogens is 248 g/mol. The van der Waals surface area contributed by atoms with Gasteiger partial charge in [0.1, 0.15) is 5.75 Å². The lowest BCUT2D eigenvalue weighted by Crippen LogP contribution is -2.35. The fourth-order valence-corrected chi connectivity index (χ4v) is 2.21. The number of nitrogens with two attached hydrogens (primary N) is 1. The number of rotatable bonds is 9. The van der Waals surface area contributed by atoms with Gasteiger partial charge in [-0.3, -0.25) is 0 Å². The van der Waals surface area contributed by atoms with Crippen LogP contribution in [0.15, 0.2) is 24.3 Å².